The quantitative estimate of drug-likeness (QED) is 0.863. The molecule has 6 heteroatoms. The third kappa shape index (κ3) is 4.38. The van der Waals surface area contributed by atoms with Gasteiger partial charge in [-0.3, -0.25) is 9.59 Å². The zero-order valence-electron chi connectivity index (χ0n) is 13.3. The summed E-state index contributed by atoms with van der Waals surface area (Å²) in [4.78, 5) is 23.9. The first kappa shape index (κ1) is 17.6. The number of halogens is 1. The van der Waals surface area contributed by atoms with Crippen LogP contribution in [0.3, 0.4) is 0 Å². The van der Waals surface area contributed by atoms with E-state index >= 15 is 0 Å². The first-order chi connectivity index (χ1) is 10.8. The highest BCUT2D eigenvalue weighted by atomic mass is 35.5. The summed E-state index contributed by atoms with van der Waals surface area (Å²) in [6, 6.07) is 6.82. The summed E-state index contributed by atoms with van der Waals surface area (Å²) in [6.07, 6.45) is 2.28. The monoisotopic (exact) mass is 339 g/mol. The van der Waals surface area contributed by atoms with Crippen LogP contribution in [0.25, 0.3) is 0 Å². The molecule has 0 radical (unpaired) electrons. The number of hydrogen-bond acceptors (Lipinski definition) is 3. The van der Waals surface area contributed by atoms with Crippen molar-refractivity contribution in [2.45, 2.75) is 51.2 Å². The number of carboxylic acids is 1. The zero-order valence-corrected chi connectivity index (χ0v) is 14.1. The van der Waals surface area contributed by atoms with E-state index in [4.69, 9.17) is 16.3 Å². The van der Waals surface area contributed by atoms with Crippen LogP contribution in [0.4, 0.5) is 0 Å². The molecule has 1 saturated carbocycles. The number of carboxylic acid groups (broad SMARTS) is 1. The second kappa shape index (κ2) is 7.21. The predicted molar refractivity (Wildman–Crippen MR) is 87.7 cm³/mol. The van der Waals surface area contributed by atoms with Crippen LogP contribution < -0.4 is 10.1 Å². The van der Waals surface area contributed by atoms with E-state index in [-0.39, 0.29) is 5.91 Å². The van der Waals surface area contributed by atoms with E-state index in [1.807, 2.05) is 0 Å². The van der Waals surface area contributed by atoms with Gasteiger partial charge < -0.3 is 15.2 Å². The van der Waals surface area contributed by atoms with Crippen molar-refractivity contribution in [3.05, 3.63) is 29.3 Å². The predicted octanol–water partition coefficient (Wildman–Crippen LogP) is 3.26. The van der Waals surface area contributed by atoms with E-state index < -0.39 is 23.5 Å². The van der Waals surface area contributed by atoms with Gasteiger partial charge in [0.15, 0.2) is 6.10 Å². The molecule has 2 N–H and O–H groups in total. The molecule has 1 aliphatic carbocycles. The highest BCUT2D eigenvalue weighted by molar-refractivity contribution is 6.30. The third-order valence-corrected chi connectivity index (χ3v) is 4.63. The Balaban J connectivity index is 2.03. The molecular formula is C17H22ClNO4. The van der Waals surface area contributed by atoms with Crippen molar-refractivity contribution >= 4 is 23.5 Å². The molecule has 1 aromatic carbocycles. The van der Waals surface area contributed by atoms with E-state index in [0.717, 1.165) is 12.8 Å². The summed E-state index contributed by atoms with van der Waals surface area (Å²) >= 11 is 5.89. The summed E-state index contributed by atoms with van der Waals surface area (Å²) in [5.74, 6) is -1.25. The minimum atomic E-state index is -0.865. The lowest BCUT2D eigenvalue weighted by molar-refractivity contribution is -0.147. The fourth-order valence-corrected chi connectivity index (χ4v) is 3.24. The topological polar surface area (TPSA) is 75.6 Å². The highest BCUT2D eigenvalue weighted by Gasteiger charge is 2.42. The molecule has 1 fully saturated rings. The number of hydrogen-bond donors (Lipinski definition) is 2. The maximum absolute atomic E-state index is 12.4. The van der Waals surface area contributed by atoms with Gasteiger partial charge in [-0.15, -0.1) is 0 Å². The molecule has 0 heterocycles. The first-order valence-electron chi connectivity index (χ1n) is 7.79. The lowest BCUT2D eigenvalue weighted by atomic mass is 9.74. The minimum Gasteiger partial charge on any atom is -0.481 e. The van der Waals surface area contributed by atoms with Gasteiger partial charge in [-0.05, 0) is 44.9 Å². The molecule has 0 aliphatic heterocycles. The number of amides is 1. The van der Waals surface area contributed by atoms with E-state index in [0.29, 0.717) is 23.6 Å². The molecule has 126 valence electrons. The van der Waals surface area contributed by atoms with Crippen molar-refractivity contribution in [2.24, 2.45) is 5.92 Å². The Morgan fingerprint density at radius 1 is 1.43 bits per heavy atom. The fraction of sp³-hybridized carbons (Fsp3) is 0.529. The molecule has 2 rings (SSSR count). The molecule has 3 atom stereocenters. The maximum Gasteiger partial charge on any atom is 0.308 e. The molecule has 3 unspecified atom stereocenters. The Morgan fingerprint density at radius 2 is 2.17 bits per heavy atom. The SMILES string of the molecule is CC(Oc1cccc(Cl)c1)C(=O)NC1(C)CCCCC1C(=O)O. The molecular weight excluding hydrogens is 318 g/mol. The van der Waals surface area contributed by atoms with Crippen LogP contribution in [-0.4, -0.2) is 28.6 Å². The molecule has 1 amide bonds. The number of carbonyl (C=O) groups is 2. The number of nitrogens with one attached hydrogen (secondary N) is 1. The van der Waals surface area contributed by atoms with Gasteiger partial charge in [-0.2, -0.15) is 0 Å². The van der Waals surface area contributed by atoms with Crippen LogP contribution in [0, 0.1) is 5.92 Å². The Labute approximate surface area is 141 Å². The first-order valence-corrected chi connectivity index (χ1v) is 8.17. The van der Waals surface area contributed by atoms with Crippen molar-refractivity contribution in [2.75, 3.05) is 0 Å². The Bertz CT molecular complexity index is 592. The summed E-state index contributed by atoms with van der Waals surface area (Å²) in [5.41, 5.74) is -0.743. The van der Waals surface area contributed by atoms with Crippen molar-refractivity contribution in [3.8, 4) is 5.75 Å². The zero-order chi connectivity index (χ0) is 17.0. The van der Waals surface area contributed by atoms with E-state index in [1.165, 1.54) is 0 Å². The second-order valence-corrected chi connectivity index (χ2v) is 6.70. The number of rotatable bonds is 5. The number of aliphatic carboxylic acids is 1. The molecule has 0 spiro atoms. The maximum atomic E-state index is 12.4. The van der Waals surface area contributed by atoms with Gasteiger partial charge in [-0.1, -0.05) is 30.5 Å². The third-order valence-electron chi connectivity index (χ3n) is 4.39. The summed E-state index contributed by atoms with van der Waals surface area (Å²) < 4.78 is 5.60. The van der Waals surface area contributed by atoms with Crippen LogP contribution in [0.15, 0.2) is 24.3 Å². The molecule has 0 bridgehead atoms. The van der Waals surface area contributed by atoms with Gasteiger partial charge in [0, 0.05) is 5.02 Å². The molecule has 1 aromatic rings. The standard InChI is InChI=1S/C17H22ClNO4/c1-11(23-13-7-5-6-12(18)10-13)15(20)19-17(2)9-4-3-8-14(17)16(21)22/h5-7,10-11,14H,3-4,8-9H2,1-2H3,(H,19,20)(H,21,22). The Hall–Kier alpha value is -1.75. The largest absolute Gasteiger partial charge is 0.481 e. The minimum absolute atomic E-state index is 0.319. The number of carbonyl (C=O) groups excluding carboxylic acids is 1. The van der Waals surface area contributed by atoms with E-state index in [1.54, 1.807) is 38.1 Å². The molecule has 5 nitrogen and oxygen atoms in total. The van der Waals surface area contributed by atoms with Gasteiger partial charge in [0.1, 0.15) is 5.75 Å². The van der Waals surface area contributed by atoms with Gasteiger partial charge in [0.25, 0.3) is 5.91 Å². The van der Waals surface area contributed by atoms with Gasteiger partial charge in [-0.25, -0.2) is 0 Å². The Kier molecular flexibility index (Phi) is 5.52. The highest BCUT2D eigenvalue weighted by Crippen LogP contribution is 2.34. The van der Waals surface area contributed by atoms with Crippen LogP contribution in [0.2, 0.25) is 5.02 Å². The molecule has 0 aromatic heterocycles. The van der Waals surface area contributed by atoms with Crippen molar-refractivity contribution in [3.63, 3.8) is 0 Å². The summed E-state index contributed by atoms with van der Waals surface area (Å²) in [5, 5.41) is 12.8. The molecule has 23 heavy (non-hydrogen) atoms. The van der Waals surface area contributed by atoms with Crippen molar-refractivity contribution < 1.29 is 19.4 Å². The van der Waals surface area contributed by atoms with E-state index in [9.17, 15) is 14.7 Å². The normalized spacial score (nSPS) is 25.4. The summed E-state index contributed by atoms with van der Waals surface area (Å²) in [6.45, 7) is 3.44. The van der Waals surface area contributed by atoms with Gasteiger partial charge in [0.2, 0.25) is 0 Å². The van der Waals surface area contributed by atoms with Gasteiger partial charge >= 0.3 is 5.97 Å². The van der Waals surface area contributed by atoms with E-state index in [2.05, 4.69) is 5.32 Å². The lowest BCUT2D eigenvalue weighted by Crippen LogP contribution is -2.57. The second-order valence-electron chi connectivity index (χ2n) is 6.26. The smallest absolute Gasteiger partial charge is 0.308 e. The van der Waals surface area contributed by atoms with Crippen LogP contribution >= 0.6 is 11.6 Å². The van der Waals surface area contributed by atoms with Crippen LogP contribution in [0.5, 0.6) is 5.75 Å². The molecule has 1 aliphatic rings. The van der Waals surface area contributed by atoms with Crippen molar-refractivity contribution in [1.82, 2.24) is 5.32 Å². The lowest BCUT2D eigenvalue weighted by Gasteiger charge is -2.40. The van der Waals surface area contributed by atoms with Gasteiger partial charge in [0.05, 0.1) is 11.5 Å². The van der Waals surface area contributed by atoms with Crippen LogP contribution in [-0.2, 0) is 9.59 Å². The van der Waals surface area contributed by atoms with Crippen LogP contribution in [0.1, 0.15) is 39.5 Å². The number of ether oxygens (including phenoxy) is 1. The summed E-state index contributed by atoms with van der Waals surface area (Å²) in [7, 11) is 0. The average molecular weight is 340 g/mol. The Morgan fingerprint density at radius 3 is 2.83 bits per heavy atom. The number of benzene rings is 1. The van der Waals surface area contributed by atoms with Crippen molar-refractivity contribution in [1.29, 1.82) is 0 Å². The molecule has 0 saturated heterocycles. The fourth-order valence-electron chi connectivity index (χ4n) is 3.06. The average Bonchev–Trinajstić information content (AvgIpc) is 2.46.